The van der Waals surface area contributed by atoms with E-state index >= 15 is 0 Å². The highest BCUT2D eigenvalue weighted by molar-refractivity contribution is 6.31. The summed E-state index contributed by atoms with van der Waals surface area (Å²) in [4.78, 5) is 16.0. The lowest BCUT2D eigenvalue weighted by Gasteiger charge is -2.28. The molecule has 1 aromatic carbocycles. The van der Waals surface area contributed by atoms with E-state index in [1.807, 2.05) is 31.2 Å². The fourth-order valence-corrected chi connectivity index (χ4v) is 3.59. The molecule has 1 aliphatic heterocycles. The molecule has 0 saturated carbocycles. The second-order valence-corrected chi connectivity index (χ2v) is 7.37. The number of nitrogens with one attached hydrogen (secondary N) is 1. The van der Waals surface area contributed by atoms with Gasteiger partial charge in [-0.15, -0.1) is 0 Å². The summed E-state index contributed by atoms with van der Waals surface area (Å²) in [6, 6.07) is 9.84. The normalized spacial score (nSPS) is 14.4. The Kier molecular flexibility index (Phi) is 5.88. The molecular weight excluding hydrogens is 374 g/mol. The molecule has 2 aromatic heterocycles. The molecule has 1 aliphatic rings. The number of fused-ring (bicyclic) bond motifs is 1. The molecule has 0 amide bonds. The van der Waals surface area contributed by atoms with E-state index in [1.165, 1.54) is 0 Å². The maximum Gasteiger partial charge on any atom is 0.132 e. The van der Waals surface area contributed by atoms with Gasteiger partial charge in [-0.05, 0) is 37.6 Å². The molecule has 0 unspecified atom stereocenters. The topological polar surface area (TPSA) is 63.2 Å². The van der Waals surface area contributed by atoms with Crippen LogP contribution < -0.4 is 10.2 Å². The van der Waals surface area contributed by atoms with Gasteiger partial charge in [-0.1, -0.05) is 11.6 Å². The number of nitrogens with zero attached hydrogens (tertiary/aromatic N) is 4. The zero-order chi connectivity index (χ0) is 19.3. The van der Waals surface area contributed by atoms with Gasteiger partial charge in [0.25, 0.3) is 0 Å². The van der Waals surface area contributed by atoms with Crippen molar-refractivity contribution in [3.8, 4) is 0 Å². The van der Waals surface area contributed by atoms with Crippen molar-refractivity contribution < 1.29 is 4.74 Å². The number of anilines is 2. The number of rotatable bonds is 6. The number of ether oxygens (including phenoxy) is 1. The van der Waals surface area contributed by atoms with Gasteiger partial charge in [0.1, 0.15) is 11.6 Å². The van der Waals surface area contributed by atoms with Gasteiger partial charge in [-0.25, -0.2) is 9.97 Å². The molecular formula is C21H24ClN5O. The number of hydrogen-bond acceptors (Lipinski definition) is 6. The van der Waals surface area contributed by atoms with Gasteiger partial charge < -0.3 is 15.0 Å². The third-order valence-corrected chi connectivity index (χ3v) is 5.05. The summed E-state index contributed by atoms with van der Waals surface area (Å²) in [5.41, 5.74) is 2.98. The van der Waals surface area contributed by atoms with Crippen LogP contribution >= 0.6 is 11.6 Å². The zero-order valence-corrected chi connectivity index (χ0v) is 16.7. The first-order chi connectivity index (χ1) is 13.7. The van der Waals surface area contributed by atoms with E-state index in [4.69, 9.17) is 21.3 Å². The molecule has 1 saturated heterocycles. The van der Waals surface area contributed by atoms with Crippen LogP contribution in [-0.4, -0.2) is 47.8 Å². The van der Waals surface area contributed by atoms with Crippen LogP contribution in [0.1, 0.15) is 17.9 Å². The fourth-order valence-electron chi connectivity index (χ4n) is 3.42. The third-order valence-electron chi connectivity index (χ3n) is 4.82. The Morgan fingerprint density at radius 1 is 1.14 bits per heavy atom. The van der Waals surface area contributed by atoms with E-state index in [9.17, 15) is 0 Å². The predicted octanol–water partition coefficient (Wildman–Crippen LogP) is 3.87. The van der Waals surface area contributed by atoms with Crippen molar-refractivity contribution in [3.05, 3.63) is 53.1 Å². The number of pyridine rings is 1. The van der Waals surface area contributed by atoms with Crippen molar-refractivity contribution in [2.24, 2.45) is 0 Å². The summed E-state index contributed by atoms with van der Waals surface area (Å²) < 4.78 is 5.44. The highest BCUT2D eigenvalue weighted by atomic mass is 35.5. The Balaban J connectivity index is 1.37. The van der Waals surface area contributed by atoms with Crippen molar-refractivity contribution in [2.45, 2.75) is 19.8 Å². The van der Waals surface area contributed by atoms with Crippen LogP contribution in [0.2, 0.25) is 5.02 Å². The number of halogens is 1. The highest BCUT2D eigenvalue weighted by Gasteiger charge is 2.14. The summed E-state index contributed by atoms with van der Waals surface area (Å²) in [7, 11) is 0. The highest BCUT2D eigenvalue weighted by Crippen LogP contribution is 2.24. The molecule has 0 aliphatic carbocycles. The molecule has 146 valence electrons. The predicted molar refractivity (Wildman–Crippen MR) is 113 cm³/mol. The Bertz CT molecular complexity index is 959. The van der Waals surface area contributed by atoms with Crippen LogP contribution in [0, 0.1) is 6.92 Å². The van der Waals surface area contributed by atoms with E-state index < -0.39 is 0 Å². The lowest BCUT2D eigenvalue weighted by Crippen LogP contribution is -2.37. The standard InChI is InChI=1S/C21H24ClN5O/c1-15-13-21(27-9-11-28-12-10-27)26-20(25-15)3-2-7-23-18-6-8-24-19-14-16(22)4-5-17(18)19/h4-6,8,13-14H,2-3,7,9-12H2,1H3,(H,23,24). The molecule has 0 atom stereocenters. The molecule has 3 heterocycles. The minimum atomic E-state index is 0.699. The molecule has 4 rings (SSSR count). The number of benzene rings is 1. The summed E-state index contributed by atoms with van der Waals surface area (Å²) >= 11 is 6.06. The van der Waals surface area contributed by atoms with Gasteiger partial charge in [0.15, 0.2) is 0 Å². The fraction of sp³-hybridized carbons (Fsp3) is 0.381. The Morgan fingerprint density at radius 3 is 2.86 bits per heavy atom. The molecule has 28 heavy (non-hydrogen) atoms. The van der Waals surface area contributed by atoms with Gasteiger partial charge in [0.2, 0.25) is 0 Å². The van der Waals surface area contributed by atoms with E-state index in [1.54, 1.807) is 6.20 Å². The van der Waals surface area contributed by atoms with Gasteiger partial charge in [0.05, 0.1) is 18.7 Å². The van der Waals surface area contributed by atoms with Crippen LogP contribution in [0.3, 0.4) is 0 Å². The van der Waals surface area contributed by atoms with Crippen LogP contribution in [0.4, 0.5) is 11.5 Å². The van der Waals surface area contributed by atoms with Gasteiger partial charge in [0, 0.05) is 60.1 Å². The number of hydrogen-bond donors (Lipinski definition) is 1. The van der Waals surface area contributed by atoms with Gasteiger partial charge in [-0.2, -0.15) is 0 Å². The quantitative estimate of drug-likeness (QED) is 0.637. The van der Waals surface area contributed by atoms with Crippen LogP contribution in [0.5, 0.6) is 0 Å². The second kappa shape index (κ2) is 8.71. The molecule has 0 radical (unpaired) electrons. The van der Waals surface area contributed by atoms with Crippen molar-refractivity contribution in [2.75, 3.05) is 43.1 Å². The maximum absolute atomic E-state index is 6.06. The molecule has 6 nitrogen and oxygen atoms in total. The lowest BCUT2D eigenvalue weighted by atomic mass is 10.2. The number of morpholine rings is 1. The number of aryl methyl sites for hydroxylation is 2. The van der Waals surface area contributed by atoms with Crippen molar-refractivity contribution in [1.82, 2.24) is 15.0 Å². The minimum absolute atomic E-state index is 0.699. The van der Waals surface area contributed by atoms with Gasteiger partial charge >= 0.3 is 0 Å². The summed E-state index contributed by atoms with van der Waals surface area (Å²) in [6.45, 7) is 6.15. The van der Waals surface area contributed by atoms with Crippen molar-refractivity contribution in [1.29, 1.82) is 0 Å². The SMILES string of the molecule is Cc1cc(N2CCOCC2)nc(CCCNc2ccnc3cc(Cl)ccc23)n1. The van der Waals surface area contributed by atoms with Crippen molar-refractivity contribution in [3.63, 3.8) is 0 Å². The Labute approximate surface area is 169 Å². The smallest absolute Gasteiger partial charge is 0.132 e. The first-order valence-corrected chi connectivity index (χ1v) is 10.0. The first kappa shape index (κ1) is 18.9. The summed E-state index contributed by atoms with van der Waals surface area (Å²) in [5.74, 6) is 1.91. The Morgan fingerprint density at radius 2 is 2.00 bits per heavy atom. The van der Waals surface area contributed by atoms with Gasteiger partial charge in [-0.3, -0.25) is 4.98 Å². The van der Waals surface area contributed by atoms with E-state index in [2.05, 4.69) is 26.3 Å². The minimum Gasteiger partial charge on any atom is -0.384 e. The second-order valence-electron chi connectivity index (χ2n) is 6.93. The molecule has 0 bridgehead atoms. The first-order valence-electron chi connectivity index (χ1n) is 9.64. The van der Waals surface area contributed by atoms with Crippen molar-refractivity contribution >= 4 is 34.0 Å². The van der Waals surface area contributed by atoms with E-state index in [0.29, 0.717) is 5.02 Å². The molecule has 7 heteroatoms. The van der Waals surface area contributed by atoms with Crippen LogP contribution in [0.25, 0.3) is 10.9 Å². The monoisotopic (exact) mass is 397 g/mol. The average molecular weight is 398 g/mol. The zero-order valence-electron chi connectivity index (χ0n) is 16.0. The third kappa shape index (κ3) is 4.51. The number of aromatic nitrogens is 3. The molecule has 1 fully saturated rings. The molecule has 0 spiro atoms. The largest absolute Gasteiger partial charge is 0.384 e. The Hall–Kier alpha value is -2.44. The summed E-state index contributed by atoms with van der Waals surface area (Å²) in [5, 5.41) is 5.28. The lowest BCUT2D eigenvalue weighted by molar-refractivity contribution is 0.122. The van der Waals surface area contributed by atoms with Crippen LogP contribution in [-0.2, 0) is 11.2 Å². The molecule has 1 N–H and O–H groups in total. The summed E-state index contributed by atoms with van der Waals surface area (Å²) in [6.07, 6.45) is 3.59. The maximum atomic E-state index is 6.06. The molecule has 3 aromatic rings. The van der Waals surface area contributed by atoms with E-state index in [-0.39, 0.29) is 0 Å². The van der Waals surface area contributed by atoms with Crippen LogP contribution in [0.15, 0.2) is 36.5 Å². The average Bonchev–Trinajstić information content (AvgIpc) is 2.71. The van der Waals surface area contributed by atoms with E-state index in [0.717, 1.165) is 79.6 Å².